The minimum atomic E-state index is -2.73. The van der Waals surface area contributed by atoms with Crippen molar-refractivity contribution < 1.29 is 13.9 Å². The van der Waals surface area contributed by atoms with Crippen molar-refractivity contribution in [2.24, 2.45) is 7.05 Å². The minimum Gasteiger partial charge on any atom is -0.488 e. The Bertz CT molecular complexity index is 1580. The van der Waals surface area contributed by atoms with Crippen molar-refractivity contribution >= 4 is 35.0 Å². The van der Waals surface area contributed by atoms with Crippen molar-refractivity contribution in [3.8, 4) is 17.1 Å². The first-order valence-electron chi connectivity index (χ1n) is 14.6. The van der Waals surface area contributed by atoms with Gasteiger partial charge in [0.05, 0.1) is 29.8 Å². The van der Waals surface area contributed by atoms with Gasteiger partial charge in [-0.1, -0.05) is 6.42 Å². The van der Waals surface area contributed by atoms with Gasteiger partial charge < -0.3 is 19.5 Å². The lowest BCUT2D eigenvalue weighted by Crippen LogP contribution is -2.48. The molecule has 0 unspecified atom stereocenters. The molecule has 0 spiro atoms. The molecule has 1 aromatic carbocycles. The van der Waals surface area contributed by atoms with Crippen LogP contribution in [-0.4, -0.2) is 69.2 Å². The summed E-state index contributed by atoms with van der Waals surface area (Å²) in [6.45, 7) is 5.99. The first-order chi connectivity index (χ1) is 19.8. The van der Waals surface area contributed by atoms with Crippen LogP contribution in [0.15, 0.2) is 43.1 Å². The molecule has 3 aromatic heterocycles. The van der Waals surface area contributed by atoms with Crippen LogP contribution in [0.3, 0.4) is 0 Å². The van der Waals surface area contributed by atoms with Gasteiger partial charge in [-0.2, -0.15) is 5.10 Å². The van der Waals surface area contributed by atoms with E-state index in [1.807, 2.05) is 31.6 Å². The quantitative estimate of drug-likeness (QED) is 0.250. The normalized spacial score (nSPS) is 20.3. The second-order valence-corrected chi connectivity index (χ2v) is 14.9. The summed E-state index contributed by atoms with van der Waals surface area (Å²) in [5, 5.41) is 8.56. The molecule has 0 atom stereocenters. The van der Waals surface area contributed by atoms with Crippen LogP contribution in [0, 0.1) is 0 Å². The number of aromatic nitrogens is 6. The number of nitrogens with zero attached hydrogens (tertiary/aromatic N) is 7. The second-order valence-electron chi connectivity index (χ2n) is 11.7. The van der Waals surface area contributed by atoms with E-state index in [1.54, 1.807) is 37.5 Å². The number of rotatable bonds is 7. The van der Waals surface area contributed by atoms with Crippen molar-refractivity contribution in [1.29, 1.82) is 0 Å². The van der Waals surface area contributed by atoms with Gasteiger partial charge in [-0.3, -0.25) is 14.6 Å². The Kier molecular flexibility index (Phi) is 7.79. The van der Waals surface area contributed by atoms with Gasteiger partial charge in [0.2, 0.25) is 5.75 Å². The summed E-state index contributed by atoms with van der Waals surface area (Å²) < 4.78 is 23.5. The Hall–Kier alpha value is -3.36. The van der Waals surface area contributed by atoms with Crippen LogP contribution in [0.25, 0.3) is 22.4 Å². The average molecular weight is 576 g/mol. The van der Waals surface area contributed by atoms with E-state index in [0.717, 1.165) is 24.2 Å². The standard InChI is InChI=1S/C30H39N8O2P/c1-36-19-21(18-33-36)30-35-29(34-25-13-12-24-27(32-15-14-31-24)28(25)41(3,4)39)26(40-2)20-38(30)23-10-8-22(9-11-23)37-16-6-5-7-17-37/h12-15,18-20,22-23H,5-11,16-17H2,1-4H3/p+1. The second kappa shape index (κ2) is 11.5. The topological polar surface area (TPSA) is 102 Å². The Morgan fingerprint density at radius 2 is 1.80 bits per heavy atom. The van der Waals surface area contributed by atoms with E-state index in [4.69, 9.17) is 9.72 Å². The van der Waals surface area contributed by atoms with E-state index in [1.165, 1.54) is 45.2 Å². The fourth-order valence-corrected chi connectivity index (χ4v) is 7.91. The summed E-state index contributed by atoms with van der Waals surface area (Å²) in [6.07, 6.45) is 17.8. The smallest absolute Gasteiger partial charge is 0.336 e. The number of hydrogen-bond donors (Lipinski definition) is 1. The van der Waals surface area contributed by atoms with Gasteiger partial charge in [0.25, 0.3) is 5.82 Å². The SMILES string of the molecule is COc1c[n+](C2CCC(N3CCCCC3)CC2)c(-c2cnn(C)c2)nc1Nc1ccc2nccnc2c1P(C)(C)=O. The lowest BCUT2D eigenvalue weighted by molar-refractivity contribution is -0.718. The summed E-state index contributed by atoms with van der Waals surface area (Å²) >= 11 is 0. The molecule has 11 heteroatoms. The lowest BCUT2D eigenvalue weighted by Gasteiger charge is -2.38. The number of benzene rings is 1. The number of likely N-dealkylation sites (tertiary alicyclic amines) is 1. The molecule has 4 aromatic rings. The number of anilines is 2. The fourth-order valence-electron chi connectivity index (χ4n) is 6.52. The Labute approximate surface area is 241 Å². The Balaban J connectivity index is 1.38. The molecule has 6 rings (SSSR count). The summed E-state index contributed by atoms with van der Waals surface area (Å²) in [6, 6.07) is 4.79. The van der Waals surface area contributed by atoms with Gasteiger partial charge in [0.15, 0.2) is 0 Å². The van der Waals surface area contributed by atoms with Crippen molar-refractivity contribution in [2.75, 3.05) is 38.8 Å². The molecule has 2 aliphatic rings. The van der Waals surface area contributed by atoms with Crippen LogP contribution < -0.4 is 19.9 Å². The zero-order valence-corrected chi connectivity index (χ0v) is 25.3. The highest BCUT2D eigenvalue weighted by atomic mass is 31.2. The number of piperidine rings is 1. The Morgan fingerprint density at radius 1 is 1.05 bits per heavy atom. The minimum absolute atomic E-state index is 0.319. The number of methoxy groups -OCH3 is 1. The predicted molar refractivity (Wildman–Crippen MR) is 162 cm³/mol. The van der Waals surface area contributed by atoms with E-state index in [0.29, 0.717) is 45.7 Å². The summed E-state index contributed by atoms with van der Waals surface area (Å²) in [5.41, 5.74) is 2.97. The molecule has 2 fully saturated rings. The molecule has 1 saturated heterocycles. The maximum Gasteiger partial charge on any atom is 0.336 e. The van der Waals surface area contributed by atoms with Gasteiger partial charge >= 0.3 is 5.82 Å². The number of aryl methyl sites for hydroxylation is 1. The van der Waals surface area contributed by atoms with Gasteiger partial charge in [0, 0.05) is 31.7 Å². The third-order valence-corrected chi connectivity index (χ3v) is 10.0. The maximum absolute atomic E-state index is 13.5. The highest BCUT2D eigenvalue weighted by Crippen LogP contribution is 2.41. The van der Waals surface area contributed by atoms with Crippen LogP contribution in [0.2, 0.25) is 0 Å². The molecule has 41 heavy (non-hydrogen) atoms. The van der Waals surface area contributed by atoms with Crippen molar-refractivity contribution in [3.05, 3.63) is 43.1 Å². The van der Waals surface area contributed by atoms with Crippen LogP contribution in [-0.2, 0) is 11.6 Å². The molecule has 216 valence electrons. The first-order valence-corrected chi connectivity index (χ1v) is 17.2. The number of fused-ring (bicyclic) bond motifs is 1. The summed E-state index contributed by atoms with van der Waals surface area (Å²) in [4.78, 5) is 16.8. The third kappa shape index (κ3) is 5.72. The zero-order valence-electron chi connectivity index (χ0n) is 24.5. The zero-order chi connectivity index (χ0) is 28.6. The van der Waals surface area contributed by atoms with Gasteiger partial charge in [-0.05, 0) is 82.1 Å². The van der Waals surface area contributed by atoms with E-state index >= 15 is 0 Å². The predicted octanol–water partition coefficient (Wildman–Crippen LogP) is 4.68. The van der Waals surface area contributed by atoms with Crippen molar-refractivity contribution in [2.45, 2.75) is 57.0 Å². The number of ether oxygens (including phenoxy) is 1. The third-order valence-electron chi connectivity index (χ3n) is 8.51. The van der Waals surface area contributed by atoms with E-state index in [2.05, 4.69) is 36.0 Å². The molecule has 0 amide bonds. The van der Waals surface area contributed by atoms with Crippen LogP contribution >= 0.6 is 7.14 Å². The molecule has 1 aliphatic carbocycles. The molecule has 1 saturated carbocycles. The van der Waals surface area contributed by atoms with Crippen molar-refractivity contribution in [1.82, 2.24) is 29.6 Å². The summed E-state index contributed by atoms with van der Waals surface area (Å²) in [5.74, 6) is 2.02. The fraction of sp³-hybridized carbons (Fsp3) is 0.500. The largest absolute Gasteiger partial charge is 0.488 e. The molecule has 1 N–H and O–H groups in total. The summed E-state index contributed by atoms with van der Waals surface area (Å²) in [7, 11) is 0.853. The highest BCUT2D eigenvalue weighted by molar-refractivity contribution is 7.71. The number of nitrogens with one attached hydrogen (secondary N) is 1. The monoisotopic (exact) mass is 575 g/mol. The van der Waals surface area contributed by atoms with Crippen LogP contribution in [0.4, 0.5) is 11.5 Å². The van der Waals surface area contributed by atoms with Crippen LogP contribution in [0.1, 0.15) is 51.0 Å². The Morgan fingerprint density at radius 3 is 2.49 bits per heavy atom. The first kappa shape index (κ1) is 27.8. The van der Waals surface area contributed by atoms with Crippen LogP contribution in [0.5, 0.6) is 5.75 Å². The number of hydrogen-bond acceptors (Lipinski definition) is 8. The molecule has 0 radical (unpaired) electrons. The average Bonchev–Trinajstić information content (AvgIpc) is 3.42. The maximum atomic E-state index is 13.5. The van der Waals surface area contributed by atoms with E-state index < -0.39 is 7.14 Å². The lowest BCUT2D eigenvalue weighted by atomic mass is 9.88. The molecule has 1 aliphatic heterocycles. The van der Waals surface area contributed by atoms with Crippen molar-refractivity contribution in [3.63, 3.8) is 0 Å². The van der Waals surface area contributed by atoms with E-state index in [-0.39, 0.29) is 0 Å². The molecule has 4 heterocycles. The molecular weight excluding hydrogens is 535 g/mol. The molecule has 10 nitrogen and oxygen atoms in total. The molecular formula is C30H40N8O2P+. The van der Waals surface area contributed by atoms with E-state index in [9.17, 15) is 4.57 Å². The van der Waals surface area contributed by atoms with Gasteiger partial charge in [-0.25, -0.2) is 4.57 Å². The van der Waals surface area contributed by atoms with Gasteiger partial charge in [-0.15, -0.1) is 0 Å². The highest BCUT2D eigenvalue weighted by Gasteiger charge is 2.34. The molecule has 0 bridgehead atoms. The van der Waals surface area contributed by atoms with Gasteiger partial charge in [0.1, 0.15) is 30.5 Å².